The molecule has 33 heavy (non-hydrogen) atoms. The minimum atomic E-state index is -4.41. The van der Waals surface area contributed by atoms with Gasteiger partial charge in [-0.15, -0.1) is 0 Å². The summed E-state index contributed by atoms with van der Waals surface area (Å²) in [5.41, 5.74) is 1.58. The fourth-order valence-corrected chi connectivity index (χ4v) is 5.05. The topological polar surface area (TPSA) is 81.3 Å². The maximum Gasteiger partial charge on any atom is 1.00 e. The number of hydrogen-bond acceptors (Lipinski definition) is 5. The molecule has 1 aromatic rings. The van der Waals surface area contributed by atoms with Gasteiger partial charge in [-0.2, -0.15) is 0 Å². The average Bonchev–Trinajstić information content (AvgIpc) is 3.17. The van der Waals surface area contributed by atoms with E-state index in [1.165, 1.54) is 115 Å². The second-order valence-electron chi connectivity index (χ2n) is 9.45. The van der Waals surface area contributed by atoms with E-state index in [0.717, 1.165) is 18.5 Å². The predicted molar refractivity (Wildman–Crippen MR) is 134 cm³/mol. The second kappa shape index (κ2) is 18.6. The Kier molecular flexibility index (Phi) is 17.7. The van der Waals surface area contributed by atoms with Crippen LogP contribution in [0.5, 0.6) is 0 Å². The molecule has 1 aliphatic heterocycles. The van der Waals surface area contributed by atoms with Crippen LogP contribution in [-0.2, 0) is 10.1 Å². The molecule has 1 unspecified atom stereocenters. The number of unbranched alkanes of at least 4 members (excludes halogenated alkanes) is 16. The Bertz CT molecular complexity index is 743. The van der Waals surface area contributed by atoms with Crippen molar-refractivity contribution in [3.63, 3.8) is 0 Å². The van der Waals surface area contributed by atoms with Crippen LogP contribution in [0.25, 0.3) is 0 Å². The first kappa shape index (κ1) is 31.4. The van der Waals surface area contributed by atoms with Crippen molar-refractivity contribution in [2.24, 2.45) is 0 Å². The Balaban J connectivity index is 0.00000544. The molecule has 1 aromatic carbocycles. The van der Waals surface area contributed by atoms with E-state index >= 15 is 0 Å². The fourth-order valence-electron chi connectivity index (χ4n) is 4.55. The van der Waals surface area contributed by atoms with E-state index in [2.05, 4.69) is 17.6 Å². The molecule has 1 heterocycles. The van der Waals surface area contributed by atoms with Crippen molar-refractivity contribution in [2.45, 2.75) is 134 Å². The first-order chi connectivity index (χ1) is 15.5. The van der Waals surface area contributed by atoms with Crippen molar-refractivity contribution in [3.8, 4) is 0 Å². The van der Waals surface area contributed by atoms with E-state index in [-0.39, 0.29) is 62.4 Å². The van der Waals surface area contributed by atoms with E-state index in [1.807, 2.05) is 0 Å². The van der Waals surface area contributed by atoms with Gasteiger partial charge in [0.15, 0.2) is 0 Å². The molecule has 0 fully saturated rings. The molecule has 7 heteroatoms. The summed E-state index contributed by atoms with van der Waals surface area (Å²) in [6.07, 6.45) is 24.4. The average molecular weight is 505 g/mol. The third kappa shape index (κ3) is 13.9. The van der Waals surface area contributed by atoms with Gasteiger partial charge in [0.25, 0.3) is 0 Å². The van der Waals surface area contributed by atoms with Gasteiger partial charge in [-0.25, -0.2) is 8.42 Å². The Labute approximate surface area is 245 Å². The summed E-state index contributed by atoms with van der Waals surface area (Å²) >= 11 is 0. The van der Waals surface area contributed by atoms with Crippen LogP contribution in [0.15, 0.2) is 23.1 Å². The molecule has 1 aliphatic rings. The van der Waals surface area contributed by atoms with Crippen molar-refractivity contribution in [1.82, 2.24) is 0 Å². The monoisotopic (exact) mass is 504 g/mol. The summed E-state index contributed by atoms with van der Waals surface area (Å²) in [7, 11) is -4.41. The summed E-state index contributed by atoms with van der Waals surface area (Å²) < 4.78 is 33.5. The van der Waals surface area contributed by atoms with Gasteiger partial charge in [0.05, 0.1) is 22.4 Å². The van der Waals surface area contributed by atoms with E-state index in [4.69, 9.17) is 0 Å². The molecule has 0 saturated carbocycles. The van der Waals surface area contributed by atoms with Gasteiger partial charge in [-0.05, 0) is 31.0 Å². The molecule has 0 aliphatic carbocycles. The molecule has 0 aromatic heterocycles. The van der Waals surface area contributed by atoms with Crippen LogP contribution in [0.4, 0.5) is 11.4 Å². The summed E-state index contributed by atoms with van der Waals surface area (Å²) in [5.74, 6) is 0. The molecule has 0 amide bonds. The Hall–Kier alpha value is 0.366. The summed E-state index contributed by atoms with van der Waals surface area (Å²) in [4.78, 5) is -0.177. The van der Waals surface area contributed by atoms with Gasteiger partial charge in [0, 0.05) is 0 Å². The van der Waals surface area contributed by atoms with Gasteiger partial charge >= 0.3 is 51.4 Å². The molecule has 2 N–H and O–H groups in total. The van der Waals surface area contributed by atoms with Crippen LogP contribution in [0.1, 0.15) is 122 Å². The van der Waals surface area contributed by atoms with Crippen molar-refractivity contribution < 1.29 is 64.4 Å². The van der Waals surface area contributed by atoms with Gasteiger partial charge in [0.1, 0.15) is 10.1 Å². The molecule has 0 spiro atoms. The molecular weight excluding hydrogens is 459 g/mol. The van der Waals surface area contributed by atoms with Crippen molar-refractivity contribution >= 4 is 21.5 Å². The Morgan fingerprint density at radius 1 is 0.697 bits per heavy atom. The van der Waals surface area contributed by atoms with Gasteiger partial charge in [0.2, 0.25) is 0 Å². The summed E-state index contributed by atoms with van der Waals surface area (Å²) in [6.45, 7) is 2.28. The number of nitrogens with one attached hydrogen (secondary N) is 2. The number of rotatable bonds is 19. The minimum absolute atomic E-state index is 0. The molecule has 2 rings (SSSR count). The quantitative estimate of drug-likeness (QED) is 0.161. The van der Waals surface area contributed by atoms with Crippen LogP contribution >= 0.6 is 0 Å². The minimum Gasteiger partial charge on any atom is -0.744 e. The first-order valence-corrected chi connectivity index (χ1v) is 14.5. The fraction of sp³-hybridized carbons (Fsp3) is 0.769. The molecule has 184 valence electrons. The van der Waals surface area contributed by atoms with Crippen LogP contribution in [0.2, 0.25) is 0 Å². The molecule has 5 nitrogen and oxygen atoms in total. The van der Waals surface area contributed by atoms with Crippen LogP contribution < -0.4 is 62.0 Å². The Morgan fingerprint density at radius 3 is 1.58 bits per heavy atom. The number of hydrogen-bond donors (Lipinski definition) is 2. The SMILES string of the molecule is CCCCCCCCCCCCCCCCCCCC1Nc2ccc(S(=O)(=O)[O-])cc2N1.[K+]. The van der Waals surface area contributed by atoms with Gasteiger partial charge < -0.3 is 15.2 Å². The maximum absolute atomic E-state index is 11.2. The standard InChI is InChI=1S/C26H46N2O3S.K/c1-2-3-4-5-6-7-8-9-10-11-12-13-14-15-16-17-18-19-26-27-24-21-20-23(32(29,30)31)22-25(24)28-26;/h20-22,26-28H,2-19H2,1H3,(H,29,30,31);/q;+1/p-1. The number of benzene rings is 1. The van der Waals surface area contributed by atoms with Crippen LogP contribution in [0, 0.1) is 0 Å². The van der Waals surface area contributed by atoms with Crippen molar-refractivity contribution in [3.05, 3.63) is 18.2 Å². The van der Waals surface area contributed by atoms with Gasteiger partial charge in [-0.3, -0.25) is 0 Å². The van der Waals surface area contributed by atoms with Crippen molar-refractivity contribution in [1.29, 1.82) is 0 Å². The maximum atomic E-state index is 11.2. The zero-order valence-electron chi connectivity index (χ0n) is 21.2. The zero-order chi connectivity index (χ0) is 23.1. The van der Waals surface area contributed by atoms with E-state index in [9.17, 15) is 13.0 Å². The van der Waals surface area contributed by atoms with Crippen molar-refractivity contribution in [2.75, 3.05) is 10.6 Å². The van der Waals surface area contributed by atoms with Gasteiger partial charge in [-0.1, -0.05) is 110 Å². The zero-order valence-corrected chi connectivity index (χ0v) is 25.1. The smallest absolute Gasteiger partial charge is 0.744 e. The van der Waals surface area contributed by atoms with E-state index in [0.29, 0.717) is 5.69 Å². The number of fused-ring (bicyclic) bond motifs is 1. The summed E-state index contributed by atoms with van der Waals surface area (Å²) in [6, 6.07) is 4.47. The van der Waals surface area contributed by atoms with Crippen LogP contribution in [-0.4, -0.2) is 19.1 Å². The van der Waals surface area contributed by atoms with Crippen LogP contribution in [0.3, 0.4) is 0 Å². The normalized spacial score (nSPS) is 14.9. The second-order valence-corrected chi connectivity index (χ2v) is 10.8. The van der Waals surface area contributed by atoms with E-state index < -0.39 is 10.1 Å². The van der Waals surface area contributed by atoms with E-state index in [1.54, 1.807) is 6.07 Å². The molecule has 0 saturated heterocycles. The predicted octanol–water partition coefficient (Wildman–Crippen LogP) is 4.80. The number of anilines is 2. The molecule has 1 atom stereocenters. The molecule has 0 radical (unpaired) electrons. The first-order valence-electron chi connectivity index (χ1n) is 13.1. The molecule has 0 bridgehead atoms. The Morgan fingerprint density at radius 2 is 1.12 bits per heavy atom. The third-order valence-electron chi connectivity index (χ3n) is 6.54. The molecular formula is C26H45KN2O3S. The third-order valence-corrected chi connectivity index (χ3v) is 7.37. The largest absolute Gasteiger partial charge is 1.00 e. The summed E-state index contributed by atoms with van der Waals surface area (Å²) in [5, 5.41) is 6.65.